The molecule has 118 valence electrons. The summed E-state index contributed by atoms with van der Waals surface area (Å²) in [5.41, 5.74) is 1.73. The highest BCUT2D eigenvalue weighted by Crippen LogP contribution is 2.20. The van der Waals surface area contributed by atoms with E-state index in [9.17, 15) is 9.59 Å². The number of carbonyl (C=O) groups excluding carboxylic acids is 2. The van der Waals surface area contributed by atoms with Crippen LogP contribution in [-0.4, -0.2) is 17.2 Å². The minimum absolute atomic E-state index is 0.240. The lowest BCUT2D eigenvalue weighted by atomic mass is 10.2. The van der Waals surface area contributed by atoms with Crippen molar-refractivity contribution in [2.75, 3.05) is 5.32 Å². The first-order valence-electron chi connectivity index (χ1n) is 7.30. The molecule has 5 nitrogen and oxygen atoms in total. The molecule has 0 aliphatic carbocycles. The summed E-state index contributed by atoms with van der Waals surface area (Å²) in [6, 6.07) is 19.1. The van der Waals surface area contributed by atoms with E-state index in [0.29, 0.717) is 22.8 Å². The molecule has 1 heterocycles. The number of amides is 1. The Labute approximate surface area is 138 Å². The number of aldehydes is 1. The van der Waals surface area contributed by atoms with Gasteiger partial charge in [-0.05, 0) is 42.5 Å². The average Bonchev–Trinajstić information content (AvgIpc) is 2.64. The molecule has 1 N–H and O–H groups in total. The van der Waals surface area contributed by atoms with Crippen LogP contribution in [0, 0.1) is 0 Å². The van der Waals surface area contributed by atoms with Crippen LogP contribution in [0.2, 0.25) is 0 Å². The average molecular weight is 318 g/mol. The predicted molar refractivity (Wildman–Crippen MR) is 90.5 cm³/mol. The Bertz CT molecular complexity index is 829. The van der Waals surface area contributed by atoms with Gasteiger partial charge >= 0.3 is 0 Å². The summed E-state index contributed by atoms with van der Waals surface area (Å²) in [5, 5.41) is 2.79. The predicted octanol–water partition coefficient (Wildman–Crippen LogP) is 3.94. The van der Waals surface area contributed by atoms with Gasteiger partial charge in [-0.3, -0.25) is 9.59 Å². The number of carbonyl (C=O) groups is 2. The molecule has 1 amide bonds. The number of nitrogens with zero attached hydrogens (tertiary/aromatic N) is 1. The molecule has 0 saturated heterocycles. The molecular weight excluding hydrogens is 304 g/mol. The van der Waals surface area contributed by atoms with E-state index in [4.69, 9.17) is 4.74 Å². The van der Waals surface area contributed by atoms with Crippen LogP contribution in [0.3, 0.4) is 0 Å². The van der Waals surface area contributed by atoms with Crippen molar-refractivity contribution in [3.05, 3.63) is 84.1 Å². The molecule has 0 radical (unpaired) electrons. The van der Waals surface area contributed by atoms with Gasteiger partial charge in [-0.15, -0.1) is 0 Å². The molecule has 0 aliphatic heterocycles. The minimum atomic E-state index is -0.240. The van der Waals surface area contributed by atoms with Gasteiger partial charge in [-0.25, -0.2) is 4.98 Å². The zero-order chi connectivity index (χ0) is 16.8. The van der Waals surface area contributed by atoms with Crippen LogP contribution in [0.4, 0.5) is 5.69 Å². The molecule has 0 bridgehead atoms. The molecule has 0 fully saturated rings. The summed E-state index contributed by atoms with van der Waals surface area (Å²) < 4.78 is 5.57. The number of rotatable bonds is 5. The lowest BCUT2D eigenvalue weighted by Crippen LogP contribution is -2.11. The second-order valence-corrected chi connectivity index (χ2v) is 4.99. The lowest BCUT2D eigenvalue weighted by molar-refractivity contribution is 0.102. The summed E-state index contributed by atoms with van der Waals surface area (Å²) in [7, 11) is 0. The largest absolute Gasteiger partial charge is 0.439 e. The molecule has 24 heavy (non-hydrogen) atoms. The number of hydrogen-bond donors (Lipinski definition) is 1. The first kappa shape index (κ1) is 15.4. The fourth-order valence-electron chi connectivity index (χ4n) is 2.03. The number of benzene rings is 2. The summed E-state index contributed by atoms with van der Waals surface area (Å²) in [5.74, 6) is 0.690. The van der Waals surface area contributed by atoms with E-state index in [1.807, 2.05) is 30.3 Å². The van der Waals surface area contributed by atoms with Crippen molar-refractivity contribution in [3.8, 4) is 11.6 Å². The molecule has 2 aromatic carbocycles. The van der Waals surface area contributed by atoms with Crippen molar-refractivity contribution in [1.82, 2.24) is 4.98 Å². The maximum Gasteiger partial charge on any atom is 0.257 e. The summed E-state index contributed by atoms with van der Waals surface area (Å²) in [6.07, 6.45) is 2.22. The van der Waals surface area contributed by atoms with E-state index in [1.54, 1.807) is 36.4 Å². The molecule has 1 aromatic heterocycles. The molecule has 0 aliphatic rings. The number of nitrogens with one attached hydrogen (secondary N) is 1. The fraction of sp³-hybridized carbons (Fsp3) is 0. The molecule has 5 heteroatoms. The molecule has 0 atom stereocenters. The van der Waals surface area contributed by atoms with Gasteiger partial charge in [0.05, 0.1) is 5.56 Å². The van der Waals surface area contributed by atoms with E-state index >= 15 is 0 Å². The number of ether oxygens (including phenoxy) is 1. The second kappa shape index (κ2) is 7.19. The summed E-state index contributed by atoms with van der Waals surface area (Å²) in [6.45, 7) is 0. The Morgan fingerprint density at radius 1 is 0.958 bits per heavy atom. The normalized spacial score (nSPS) is 10.0. The topological polar surface area (TPSA) is 68.3 Å². The smallest absolute Gasteiger partial charge is 0.257 e. The zero-order valence-electron chi connectivity index (χ0n) is 12.7. The molecule has 3 rings (SSSR count). The lowest BCUT2D eigenvalue weighted by Gasteiger charge is -2.07. The van der Waals surface area contributed by atoms with Gasteiger partial charge in [0.15, 0.2) is 0 Å². The zero-order valence-corrected chi connectivity index (χ0v) is 12.7. The first-order chi connectivity index (χ1) is 11.7. The summed E-state index contributed by atoms with van der Waals surface area (Å²) >= 11 is 0. The highest BCUT2D eigenvalue weighted by molar-refractivity contribution is 6.04. The highest BCUT2D eigenvalue weighted by Gasteiger charge is 2.07. The van der Waals surface area contributed by atoms with Gasteiger partial charge in [-0.2, -0.15) is 0 Å². The van der Waals surface area contributed by atoms with E-state index in [-0.39, 0.29) is 5.91 Å². The third kappa shape index (κ3) is 3.84. The van der Waals surface area contributed by atoms with Gasteiger partial charge < -0.3 is 10.1 Å². The van der Waals surface area contributed by atoms with Crippen LogP contribution in [0.1, 0.15) is 20.7 Å². The number of aromatic nitrogens is 1. The van der Waals surface area contributed by atoms with Crippen LogP contribution in [0.25, 0.3) is 0 Å². The molecule has 3 aromatic rings. The Kier molecular flexibility index (Phi) is 4.62. The molecule has 0 saturated carbocycles. The van der Waals surface area contributed by atoms with Gasteiger partial charge in [0.25, 0.3) is 5.91 Å². The monoisotopic (exact) mass is 318 g/mol. The fourth-order valence-corrected chi connectivity index (χ4v) is 2.03. The van der Waals surface area contributed by atoms with Crippen molar-refractivity contribution in [2.24, 2.45) is 0 Å². The summed E-state index contributed by atoms with van der Waals surface area (Å²) in [4.78, 5) is 26.9. The third-order valence-corrected chi connectivity index (χ3v) is 3.27. The van der Waals surface area contributed by atoms with Crippen molar-refractivity contribution >= 4 is 17.9 Å². The minimum Gasteiger partial charge on any atom is -0.439 e. The van der Waals surface area contributed by atoms with Gasteiger partial charge in [0, 0.05) is 23.5 Å². The van der Waals surface area contributed by atoms with Crippen LogP contribution in [-0.2, 0) is 0 Å². The standard InChI is InChI=1S/C19H14N2O3/c22-13-14-6-9-17(10-7-14)24-18-11-8-15(12-20-18)19(23)21-16-4-2-1-3-5-16/h1-13H,(H,21,23). The Balaban J connectivity index is 1.66. The second-order valence-electron chi connectivity index (χ2n) is 4.99. The number of para-hydroxylation sites is 1. The molecular formula is C19H14N2O3. The van der Waals surface area contributed by atoms with E-state index in [0.717, 1.165) is 12.0 Å². The highest BCUT2D eigenvalue weighted by atomic mass is 16.5. The Morgan fingerprint density at radius 2 is 1.71 bits per heavy atom. The quantitative estimate of drug-likeness (QED) is 0.724. The van der Waals surface area contributed by atoms with Crippen LogP contribution < -0.4 is 10.1 Å². The van der Waals surface area contributed by atoms with Gasteiger partial charge in [0.1, 0.15) is 12.0 Å². The first-order valence-corrected chi connectivity index (χ1v) is 7.30. The maximum absolute atomic E-state index is 12.1. The van der Waals surface area contributed by atoms with Crippen molar-refractivity contribution < 1.29 is 14.3 Å². The number of pyridine rings is 1. The molecule has 0 unspecified atom stereocenters. The Morgan fingerprint density at radius 3 is 2.33 bits per heavy atom. The van der Waals surface area contributed by atoms with Crippen molar-refractivity contribution in [3.63, 3.8) is 0 Å². The van der Waals surface area contributed by atoms with E-state index < -0.39 is 0 Å². The van der Waals surface area contributed by atoms with Crippen molar-refractivity contribution in [2.45, 2.75) is 0 Å². The van der Waals surface area contributed by atoms with Gasteiger partial charge in [-0.1, -0.05) is 18.2 Å². The van der Waals surface area contributed by atoms with Crippen molar-refractivity contribution in [1.29, 1.82) is 0 Å². The number of anilines is 1. The molecule has 0 spiro atoms. The number of hydrogen-bond acceptors (Lipinski definition) is 4. The van der Waals surface area contributed by atoms with E-state index in [1.165, 1.54) is 6.20 Å². The van der Waals surface area contributed by atoms with Gasteiger partial charge in [0.2, 0.25) is 5.88 Å². The van der Waals surface area contributed by atoms with Crippen LogP contribution >= 0.6 is 0 Å². The Hall–Kier alpha value is -3.47. The van der Waals surface area contributed by atoms with E-state index in [2.05, 4.69) is 10.3 Å². The third-order valence-electron chi connectivity index (χ3n) is 3.27. The van der Waals surface area contributed by atoms with Crippen LogP contribution in [0.5, 0.6) is 11.6 Å². The SMILES string of the molecule is O=Cc1ccc(Oc2ccc(C(=O)Nc3ccccc3)cn2)cc1. The van der Waals surface area contributed by atoms with Crippen LogP contribution in [0.15, 0.2) is 72.9 Å². The maximum atomic E-state index is 12.1.